The second-order valence-corrected chi connectivity index (χ2v) is 10.2. The highest BCUT2D eigenvalue weighted by Crippen LogP contribution is 2.50. The molecule has 33 heavy (non-hydrogen) atoms. The first kappa shape index (κ1) is 22.2. The highest BCUT2D eigenvalue weighted by molar-refractivity contribution is 9.10. The van der Waals surface area contributed by atoms with Crippen molar-refractivity contribution in [3.8, 4) is 5.75 Å². The molecule has 0 spiro atoms. The van der Waals surface area contributed by atoms with E-state index in [1.165, 1.54) is 0 Å². The molecule has 5 nitrogen and oxygen atoms in total. The van der Waals surface area contributed by atoms with Crippen molar-refractivity contribution in [3.05, 3.63) is 87.4 Å². The molecule has 3 atom stereocenters. The van der Waals surface area contributed by atoms with Gasteiger partial charge in [0.05, 0.1) is 6.04 Å². The van der Waals surface area contributed by atoms with Crippen molar-refractivity contribution in [1.82, 2.24) is 5.32 Å². The molecule has 2 heterocycles. The summed E-state index contributed by atoms with van der Waals surface area (Å²) >= 11 is 15.4. The molecule has 0 saturated carbocycles. The van der Waals surface area contributed by atoms with Crippen LogP contribution in [0.25, 0.3) is 0 Å². The Bertz CT molecular complexity index is 1270. The maximum Gasteiger partial charge on any atom is 0.236 e. The molecule has 2 aliphatic rings. The molecule has 2 aliphatic heterocycles. The van der Waals surface area contributed by atoms with E-state index in [0.717, 1.165) is 21.3 Å². The highest BCUT2D eigenvalue weighted by Gasteiger charge is 2.59. The minimum Gasteiger partial charge on any atom is -0.467 e. The second kappa shape index (κ2) is 8.31. The molecular weight excluding hydrogens is 522 g/mol. The molecule has 0 radical (unpaired) electrons. The Labute approximate surface area is 211 Å². The zero-order valence-corrected chi connectivity index (χ0v) is 21.1. The lowest BCUT2D eigenvalue weighted by Crippen LogP contribution is -2.72. The first-order chi connectivity index (χ1) is 15.8. The number of hydrogen-bond donors (Lipinski definition) is 2. The van der Waals surface area contributed by atoms with E-state index in [-0.39, 0.29) is 11.9 Å². The minimum atomic E-state index is -1.06. The Morgan fingerprint density at radius 2 is 1.94 bits per heavy atom. The van der Waals surface area contributed by atoms with E-state index < -0.39 is 11.6 Å². The maximum absolute atomic E-state index is 13.8. The van der Waals surface area contributed by atoms with Crippen LogP contribution in [0.15, 0.2) is 71.2 Å². The predicted octanol–water partition coefficient (Wildman–Crippen LogP) is 6.21. The summed E-state index contributed by atoms with van der Waals surface area (Å²) in [4.78, 5) is 15.7. The summed E-state index contributed by atoms with van der Waals surface area (Å²) < 4.78 is 7.51. The predicted molar refractivity (Wildman–Crippen MR) is 139 cm³/mol. The number of hydrogen-bond acceptors (Lipinski definition) is 3. The number of aryl methyl sites for hydroxylation is 1. The number of anilines is 2. The lowest BCUT2D eigenvalue weighted by Gasteiger charge is -2.56. The third-order valence-corrected chi connectivity index (χ3v) is 7.16. The summed E-state index contributed by atoms with van der Waals surface area (Å²) in [5.74, 6) is -0.0702. The van der Waals surface area contributed by atoms with Gasteiger partial charge in [0.2, 0.25) is 5.91 Å². The minimum absolute atomic E-state index is 0.178. The maximum atomic E-state index is 13.8. The van der Waals surface area contributed by atoms with Crippen molar-refractivity contribution in [1.29, 1.82) is 0 Å². The van der Waals surface area contributed by atoms with E-state index in [2.05, 4.69) is 26.6 Å². The molecular formula is C25H21BrClN3O2S. The van der Waals surface area contributed by atoms with Gasteiger partial charge in [-0.2, -0.15) is 0 Å². The zero-order valence-electron chi connectivity index (χ0n) is 17.9. The summed E-state index contributed by atoms with van der Waals surface area (Å²) in [5, 5.41) is 7.58. The van der Waals surface area contributed by atoms with Crippen LogP contribution in [-0.4, -0.2) is 16.7 Å². The van der Waals surface area contributed by atoms with Gasteiger partial charge in [0.1, 0.15) is 11.7 Å². The number of carbonyl (C=O) groups is 1. The van der Waals surface area contributed by atoms with E-state index in [1.807, 2.05) is 61.2 Å². The number of thiocarbonyl (C=S) groups is 1. The van der Waals surface area contributed by atoms with E-state index in [0.29, 0.717) is 21.6 Å². The number of benzene rings is 3. The topological polar surface area (TPSA) is 53.6 Å². The van der Waals surface area contributed by atoms with Crippen LogP contribution in [0.5, 0.6) is 5.75 Å². The van der Waals surface area contributed by atoms with Crippen molar-refractivity contribution in [2.45, 2.75) is 25.6 Å². The Morgan fingerprint density at radius 1 is 1.18 bits per heavy atom. The fourth-order valence-corrected chi connectivity index (χ4v) is 5.58. The average Bonchev–Trinajstić information content (AvgIpc) is 2.75. The molecule has 2 bridgehead atoms. The smallest absolute Gasteiger partial charge is 0.236 e. The lowest BCUT2D eigenvalue weighted by molar-refractivity contribution is -0.130. The summed E-state index contributed by atoms with van der Waals surface area (Å²) in [7, 11) is 0. The molecule has 8 heteroatoms. The standard InChI is InChI=1S/C25H21BrClN3O2S/c1-14-4-3-5-18(12-14)30-24(33)29-22-19-13-15(26)6-11-20(19)32-25(30,2)21(22)23(31)28-17-9-7-16(27)8-10-17/h3-13,21-22H,1-2H3,(H,28,31)(H,29,33)/t21-,22+,25-/m0/s1. The van der Waals surface area contributed by atoms with Gasteiger partial charge in [0.25, 0.3) is 0 Å². The molecule has 5 rings (SSSR count). The molecule has 0 unspecified atom stereocenters. The molecule has 0 aliphatic carbocycles. The van der Waals surface area contributed by atoms with Crippen LogP contribution in [0.3, 0.4) is 0 Å². The molecule has 1 fully saturated rings. The monoisotopic (exact) mass is 541 g/mol. The number of nitrogens with zero attached hydrogens (tertiary/aromatic N) is 1. The van der Waals surface area contributed by atoms with E-state index in [1.54, 1.807) is 24.3 Å². The first-order valence-corrected chi connectivity index (χ1v) is 12.1. The summed E-state index contributed by atoms with van der Waals surface area (Å²) in [6.07, 6.45) is 0. The molecule has 3 aromatic rings. The van der Waals surface area contributed by atoms with Crippen molar-refractivity contribution in [2.24, 2.45) is 5.92 Å². The molecule has 2 N–H and O–H groups in total. The van der Waals surface area contributed by atoms with Crippen LogP contribution in [0, 0.1) is 12.8 Å². The van der Waals surface area contributed by atoms with Crippen LogP contribution in [0.1, 0.15) is 24.1 Å². The number of rotatable bonds is 3. The summed E-state index contributed by atoms with van der Waals surface area (Å²) in [6.45, 7) is 3.95. The van der Waals surface area contributed by atoms with Crippen molar-refractivity contribution in [3.63, 3.8) is 0 Å². The third kappa shape index (κ3) is 3.88. The molecule has 168 valence electrons. The van der Waals surface area contributed by atoms with Gasteiger partial charge in [-0.05, 0) is 86.2 Å². The number of fused-ring (bicyclic) bond motifs is 4. The lowest BCUT2D eigenvalue weighted by atomic mass is 9.78. The van der Waals surface area contributed by atoms with Gasteiger partial charge >= 0.3 is 0 Å². The number of halogens is 2. The highest BCUT2D eigenvalue weighted by atomic mass is 79.9. The Morgan fingerprint density at radius 3 is 2.67 bits per heavy atom. The van der Waals surface area contributed by atoms with Crippen LogP contribution in [-0.2, 0) is 4.79 Å². The quantitative estimate of drug-likeness (QED) is 0.386. The number of carbonyl (C=O) groups excluding carboxylic acids is 1. The van der Waals surface area contributed by atoms with Crippen LogP contribution in [0.2, 0.25) is 5.02 Å². The van der Waals surface area contributed by atoms with Crippen LogP contribution in [0.4, 0.5) is 11.4 Å². The zero-order chi connectivity index (χ0) is 23.3. The van der Waals surface area contributed by atoms with Gasteiger partial charge in [0.15, 0.2) is 10.8 Å². The van der Waals surface area contributed by atoms with Crippen LogP contribution >= 0.6 is 39.7 Å². The number of amides is 1. The van der Waals surface area contributed by atoms with E-state index >= 15 is 0 Å². The van der Waals surface area contributed by atoms with Crippen molar-refractivity contribution >= 4 is 62.1 Å². The van der Waals surface area contributed by atoms with Gasteiger partial charge in [-0.1, -0.05) is 39.7 Å². The van der Waals surface area contributed by atoms with Gasteiger partial charge in [-0.25, -0.2) is 0 Å². The molecule has 1 amide bonds. The Kier molecular flexibility index (Phi) is 5.59. The van der Waals surface area contributed by atoms with Crippen molar-refractivity contribution in [2.75, 3.05) is 10.2 Å². The number of nitrogens with one attached hydrogen (secondary N) is 2. The molecule has 0 aromatic heterocycles. The Hall–Kier alpha value is -2.61. The van der Waals surface area contributed by atoms with E-state index in [4.69, 9.17) is 28.6 Å². The fourth-order valence-electron chi connectivity index (χ4n) is 4.66. The SMILES string of the molecule is Cc1cccc(N2C(=S)N[C@@H]3c4cc(Br)ccc4O[C@@]2(C)[C@@H]3C(=O)Nc2ccc(Cl)cc2)c1. The normalized spacial score (nSPS) is 23.3. The third-order valence-electron chi connectivity index (χ3n) is 6.11. The molecule has 3 aromatic carbocycles. The first-order valence-electron chi connectivity index (χ1n) is 10.5. The van der Waals surface area contributed by atoms with Crippen molar-refractivity contribution < 1.29 is 9.53 Å². The molecule has 1 saturated heterocycles. The average molecular weight is 543 g/mol. The largest absolute Gasteiger partial charge is 0.467 e. The second-order valence-electron chi connectivity index (χ2n) is 8.41. The van der Waals surface area contributed by atoms with Gasteiger partial charge in [-0.3, -0.25) is 9.69 Å². The van der Waals surface area contributed by atoms with Gasteiger partial charge in [0, 0.05) is 26.4 Å². The van der Waals surface area contributed by atoms with Gasteiger partial charge in [-0.15, -0.1) is 0 Å². The van der Waals surface area contributed by atoms with E-state index in [9.17, 15) is 4.79 Å². The summed E-state index contributed by atoms with van der Waals surface area (Å²) in [6, 6.07) is 20.5. The Balaban J connectivity index is 1.63. The fraction of sp³-hybridized carbons (Fsp3) is 0.200. The van der Waals surface area contributed by atoms with Gasteiger partial charge < -0.3 is 15.4 Å². The summed E-state index contributed by atoms with van der Waals surface area (Å²) in [5.41, 5.74) is 2.43. The number of ether oxygens (including phenoxy) is 1. The van der Waals surface area contributed by atoms with Crippen LogP contribution < -0.4 is 20.3 Å².